The van der Waals surface area contributed by atoms with Crippen molar-refractivity contribution in [2.24, 2.45) is 5.92 Å². The number of benzene rings is 1. The normalized spacial score (nSPS) is 12.7. The van der Waals surface area contributed by atoms with E-state index in [1.54, 1.807) is 13.8 Å². The van der Waals surface area contributed by atoms with Crippen LogP contribution in [0.25, 0.3) is 0 Å². The number of amides is 3. The largest absolute Gasteiger partial charge is 0.350 e. The van der Waals surface area contributed by atoms with Crippen LogP contribution in [0.4, 0.5) is 0 Å². The van der Waals surface area contributed by atoms with E-state index in [4.69, 9.17) is 0 Å². The number of hydrogen-bond acceptors (Lipinski definition) is 4. The second kappa shape index (κ2) is 12.7. The summed E-state index contributed by atoms with van der Waals surface area (Å²) in [6, 6.07) is 7.98. The smallest absolute Gasteiger partial charge is 0.289 e. The number of nitrogens with one attached hydrogen (secondary N) is 3. The van der Waals surface area contributed by atoms with Gasteiger partial charge in [-0.1, -0.05) is 51.1 Å². The third-order valence-electron chi connectivity index (χ3n) is 4.44. The number of aryl methyl sites for hydroxylation is 1. The van der Waals surface area contributed by atoms with Crippen molar-refractivity contribution >= 4 is 23.5 Å². The monoisotopic (exact) mass is 403 g/mol. The van der Waals surface area contributed by atoms with Crippen LogP contribution in [0, 0.1) is 5.92 Å². The molecule has 0 bridgehead atoms. The van der Waals surface area contributed by atoms with Gasteiger partial charge in [0, 0.05) is 13.0 Å². The summed E-state index contributed by atoms with van der Waals surface area (Å²) >= 11 is 0. The number of likely N-dealkylation sites (N-methyl/N-ethyl adjacent to an activating group) is 1. The molecule has 0 aliphatic rings. The van der Waals surface area contributed by atoms with Gasteiger partial charge in [-0.25, -0.2) is 0 Å². The van der Waals surface area contributed by atoms with Crippen molar-refractivity contribution in [2.75, 3.05) is 6.54 Å². The highest BCUT2D eigenvalue weighted by atomic mass is 16.2. The van der Waals surface area contributed by atoms with Gasteiger partial charge in [0.2, 0.25) is 17.6 Å². The minimum absolute atomic E-state index is 0.166. The molecule has 2 atom stereocenters. The van der Waals surface area contributed by atoms with Gasteiger partial charge in [-0.3, -0.25) is 19.2 Å². The lowest BCUT2D eigenvalue weighted by Gasteiger charge is -2.23. The Morgan fingerprint density at radius 1 is 0.931 bits per heavy atom. The van der Waals surface area contributed by atoms with Crippen molar-refractivity contribution in [3.8, 4) is 0 Å². The molecular weight excluding hydrogens is 370 g/mol. The molecule has 0 radical (unpaired) electrons. The van der Waals surface area contributed by atoms with Crippen LogP contribution in [0.15, 0.2) is 30.3 Å². The van der Waals surface area contributed by atoms with E-state index in [0.717, 1.165) is 5.56 Å². The summed E-state index contributed by atoms with van der Waals surface area (Å²) in [5.41, 5.74) is 1.05. The molecule has 7 nitrogen and oxygen atoms in total. The molecule has 3 N–H and O–H groups in total. The molecule has 1 unspecified atom stereocenters. The first-order valence-electron chi connectivity index (χ1n) is 10.2. The van der Waals surface area contributed by atoms with Crippen molar-refractivity contribution in [1.82, 2.24) is 16.0 Å². The molecule has 0 aliphatic carbocycles. The number of rotatable bonds is 12. The van der Waals surface area contributed by atoms with Gasteiger partial charge in [-0.2, -0.15) is 0 Å². The van der Waals surface area contributed by atoms with Crippen molar-refractivity contribution in [3.05, 3.63) is 35.9 Å². The van der Waals surface area contributed by atoms with Crippen LogP contribution in [-0.2, 0) is 25.6 Å². The lowest BCUT2D eigenvalue weighted by atomic mass is 10.0. The summed E-state index contributed by atoms with van der Waals surface area (Å²) < 4.78 is 0. The predicted molar refractivity (Wildman–Crippen MR) is 112 cm³/mol. The fourth-order valence-corrected chi connectivity index (χ4v) is 2.90. The lowest BCUT2D eigenvalue weighted by Crippen LogP contribution is -2.54. The van der Waals surface area contributed by atoms with Gasteiger partial charge < -0.3 is 16.0 Å². The second-order valence-corrected chi connectivity index (χ2v) is 7.43. The minimum Gasteiger partial charge on any atom is -0.350 e. The first-order chi connectivity index (χ1) is 13.8. The van der Waals surface area contributed by atoms with E-state index in [9.17, 15) is 19.2 Å². The first-order valence-corrected chi connectivity index (χ1v) is 10.2. The summed E-state index contributed by atoms with van der Waals surface area (Å²) in [5, 5.41) is 7.85. The van der Waals surface area contributed by atoms with E-state index >= 15 is 0 Å². The third-order valence-corrected chi connectivity index (χ3v) is 4.44. The molecule has 7 heteroatoms. The van der Waals surface area contributed by atoms with Gasteiger partial charge in [-0.05, 0) is 37.7 Å². The molecule has 3 amide bonds. The van der Waals surface area contributed by atoms with Crippen LogP contribution in [0.2, 0.25) is 0 Å². The van der Waals surface area contributed by atoms with E-state index in [1.807, 2.05) is 44.2 Å². The highest BCUT2D eigenvalue weighted by Crippen LogP contribution is 2.08. The standard InChI is InChI=1S/C22H33N3O4/c1-5-17(20(27)22(29)23-6-2)25-21(28)18(14-15(3)4)24-19(26)13-12-16-10-8-7-9-11-16/h7-11,15,17-18H,5-6,12-14H2,1-4H3,(H,23,29)(H,24,26)(H,25,28)/t17?,18-/m0/s1. The SMILES string of the molecule is CCNC(=O)C(=O)C(CC)NC(=O)[C@H](CC(C)C)NC(=O)CCc1ccccc1. The highest BCUT2D eigenvalue weighted by Gasteiger charge is 2.29. The summed E-state index contributed by atoms with van der Waals surface area (Å²) in [5.74, 6) is -1.90. The van der Waals surface area contributed by atoms with Gasteiger partial charge in [0.1, 0.15) is 6.04 Å². The summed E-state index contributed by atoms with van der Waals surface area (Å²) in [6.45, 7) is 7.68. The highest BCUT2D eigenvalue weighted by molar-refractivity contribution is 6.38. The molecule has 0 fully saturated rings. The van der Waals surface area contributed by atoms with Gasteiger partial charge in [0.15, 0.2) is 0 Å². The molecule has 160 valence electrons. The van der Waals surface area contributed by atoms with E-state index in [0.29, 0.717) is 19.4 Å². The van der Waals surface area contributed by atoms with Crippen LogP contribution in [0.1, 0.15) is 52.5 Å². The Labute approximate surface area is 173 Å². The Bertz CT molecular complexity index is 689. The van der Waals surface area contributed by atoms with E-state index < -0.39 is 29.7 Å². The number of hydrogen-bond donors (Lipinski definition) is 3. The van der Waals surface area contributed by atoms with E-state index in [2.05, 4.69) is 16.0 Å². The maximum absolute atomic E-state index is 12.7. The quantitative estimate of drug-likeness (QED) is 0.463. The fourth-order valence-electron chi connectivity index (χ4n) is 2.90. The Balaban J connectivity index is 2.71. The predicted octanol–water partition coefficient (Wildman–Crippen LogP) is 1.75. The summed E-state index contributed by atoms with van der Waals surface area (Å²) in [4.78, 5) is 49.1. The van der Waals surface area contributed by atoms with E-state index in [-0.39, 0.29) is 24.7 Å². The van der Waals surface area contributed by atoms with Gasteiger partial charge in [-0.15, -0.1) is 0 Å². The zero-order valence-electron chi connectivity index (χ0n) is 17.8. The van der Waals surface area contributed by atoms with Crippen LogP contribution in [0.3, 0.4) is 0 Å². The molecule has 1 rings (SSSR count). The van der Waals surface area contributed by atoms with Gasteiger partial charge in [0.05, 0.1) is 6.04 Å². The number of Topliss-reactive ketones (excluding diaryl/α,β-unsaturated/α-hetero) is 1. The van der Waals surface area contributed by atoms with Crippen molar-refractivity contribution < 1.29 is 19.2 Å². The lowest BCUT2D eigenvalue weighted by molar-refractivity contribution is -0.140. The molecular formula is C22H33N3O4. The third kappa shape index (κ3) is 8.89. The molecule has 0 spiro atoms. The maximum atomic E-state index is 12.7. The Morgan fingerprint density at radius 2 is 1.59 bits per heavy atom. The zero-order chi connectivity index (χ0) is 21.8. The molecule has 1 aromatic carbocycles. The number of carbonyl (C=O) groups is 4. The molecule has 0 aromatic heterocycles. The molecule has 0 aliphatic heterocycles. The molecule has 29 heavy (non-hydrogen) atoms. The van der Waals surface area contributed by atoms with Crippen LogP contribution >= 0.6 is 0 Å². The number of ketones is 1. The van der Waals surface area contributed by atoms with Crippen LogP contribution in [0.5, 0.6) is 0 Å². The Kier molecular flexibility index (Phi) is 10.7. The molecule has 0 saturated heterocycles. The first kappa shape index (κ1) is 24.3. The topological polar surface area (TPSA) is 104 Å². The van der Waals surface area contributed by atoms with Crippen LogP contribution < -0.4 is 16.0 Å². The van der Waals surface area contributed by atoms with E-state index in [1.165, 1.54) is 0 Å². The zero-order valence-corrected chi connectivity index (χ0v) is 17.8. The molecule has 1 aromatic rings. The summed E-state index contributed by atoms with van der Waals surface area (Å²) in [6.07, 6.45) is 1.57. The summed E-state index contributed by atoms with van der Waals surface area (Å²) in [7, 11) is 0. The average molecular weight is 404 g/mol. The van der Waals surface area contributed by atoms with Gasteiger partial charge in [0.25, 0.3) is 5.91 Å². The molecule has 0 heterocycles. The van der Waals surface area contributed by atoms with Gasteiger partial charge >= 0.3 is 0 Å². The minimum atomic E-state index is -0.912. The Morgan fingerprint density at radius 3 is 2.14 bits per heavy atom. The maximum Gasteiger partial charge on any atom is 0.289 e. The van der Waals surface area contributed by atoms with Crippen molar-refractivity contribution in [3.63, 3.8) is 0 Å². The number of carbonyl (C=O) groups excluding carboxylic acids is 4. The van der Waals surface area contributed by atoms with Crippen molar-refractivity contribution in [2.45, 2.75) is 65.5 Å². The van der Waals surface area contributed by atoms with Crippen LogP contribution in [-0.4, -0.2) is 42.1 Å². The second-order valence-electron chi connectivity index (χ2n) is 7.43. The molecule has 0 saturated carbocycles. The average Bonchev–Trinajstić information content (AvgIpc) is 2.69. The van der Waals surface area contributed by atoms with Crippen molar-refractivity contribution in [1.29, 1.82) is 0 Å². The Hall–Kier alpha value is -2.70. The fraction of sp³-hybridized carbons (Fsp3) is 0.545.